The molecule has 2 aromatic heterocycles. The van der Waals surface area contributed by atoms with Gasteiger partial charge in [-0.05, 0) is 98.3 Å². The molecule has 6 heterocycles. The second-order valence-corrected chi connectivity index (χ2v) is 24.5. The molecule has 0 radical (unpaired) electrons. The molecule has 83 heavy (non-hydrogen) atoms. The predicted molar refractivity (Wildman–Crippen MR) is 297 cm³/mol. The Balaban J connectivity index is 0.000000233. The second kappa shape index (κ2) is 27.2. The first kappa shape index (κ1) is 64.3. The summed E-state index contributed by atoms with van der Waals surface area (Å²) < 4.78 is 39.8. The van der Waals surface area contributed by atoms with E-state index in [9.17, 15) is 33.9 Å². The van der Waals surface area contributed by atoms with Gasteiger partial charge in [0, 0.05) is 25.0 Å². The van der Waals surface area contributed by atoms with E-state index in [-0.39, 0.29) is 79.1 Å². The topological polar surface area (TPSA) is 299 Å². The zero-order valence-corrected chi connectivity index (χ0v) is 51.4. The van der Waals surface area contributed by atoms with E-state index in [1.165, 1.54) is 16.9 Å². The first-order valence-electron chi connectivity index (χ1n) is 28.5. The molecular weight excluding hydrogens is 1080 g/mol. The zero-order chi connectivity index (χ0) is 57.9. The van der Waals surface area contributed by atoms with Crippen molar-refractivity contribution in [1.29, 1.82) is 0 Å². The molecule has 4 aromatic rings. The maximum Gasteiger partial charge on any atom is 1.00 e. The van der Waals surface area contributed by atoms with Crippen molar-refractivity contribution >= 4 is 58.0 Å². The van der Waals surface area contributed by atoms with E-state index >= 15 is 0 Å². The van der Waals surface area contributed by atoms with Gasteiger partial charge in [0.2, 0.25) is 23.6 Å². The fourth-order valence-corrected chi connectivity index (χ4v) is 11.3. The number of hydrogen-bond donors (Lipinski definition) is 3. The molecule has 4 aliphatic heterocycles. The molecule has 4 N–H and O–H groups in total. The van der Waals surface area contributed by atoms with Crippen molar-refractivity contribution in [3.8, 4) is 23.3 Å². The van der Waals surface area contributed by atoms with Crippen molar-refractivity contribution in [2.45, 2.75) is 180 Å². The number of carboxylic acids is 1. The van der Waals surface area contributed by atoms with Gasteiger partial charge in [-0.15, -0.1) is 0 Å². The summed E-state index contributed by atoms with van der Waals surface area (Å²) in [6, 6.07) is 7.16. The zero-order valence-electron chi connectivity index (χ0n) is 49.4. The third-order valence-electron chi connectivity index (χ3n) is 16.2. The summed E-state index contributed by atoms with van der Waals surface area (Å²) >= 11 is 0. The van der Waals surface area contributed by atoms with E-state index in [0.717, 1.165) is 80.9 Å². The van der Waals surface area contributed by atoms with Crippen LogP contribution in [0.2, 0.25) is 0 Å². The van der Waals surface area contributed by atoms with Gasteiger partial charge in [-0.3, -0.25) is 9.59 Å². The van der Waals surface area contributed by atoms with Gasteiger partial charge in [0.1, 0.15) is 71.5 Å². The van der Waals surface area contributed by atoms with Crippen molar-refractivity contribution in [2.75, 3.05) is 34.4 Å². The summed E-state index contributed by atoms with van der Waals surface area (Å²) in [5, 5.41) is 15.5. The SMILES string of the molecule is COC(=O)[C@@H]1C[C@@H]2CN1C(=O)[C@H](C(C)(C)C)NC(=O)O[C@@H]1C[C@H]1CCCCCc1nc3ccc(OC)cc3nc1O2.COc1ccc2nc3c(nc2c1)O[C@@H]1C[C@@H](C(=O)O)N(C1)C(=O)[C@H](C(C)(C)C)NC(=O)O[C@@H]1C[C@H]1CCCCC3.[Na+].[OH-]. The van der Waals surface area contributed by atoms with Crippen LogP contribution in [-0.2, 0) is 46.2 Å². The molecule has 0 unspecified atom stereocenters. The van der Waals surface area contributed by atoms with E-state index < -0.39 is 77.2 Å². The van der Waals surface area contributed by atoms with Crippen LogP contribution in [0.25, 0.3) is 22.1 Å². The van der Waals surface area contributed by atoms with Crippen LogP contribution < -0.4 is 59.1 Å². The number of benzene rings is 2. The number of aromatic nitrogens is 4. The van der Waals surface area contributed by atoms with Crippen molar-refractivity contribution < 1.29 is 102 Å². The number of ether oxygens (including phenoxy) is 7. The molecule has 10 rings (SSSR count). The van der Waals surface area contributed by atoms with Gasteiger partial charge >= 0.3 is 53.7 Å². The number of esters is 1. The third-order valence-corrected chi connectivity index (χ3v) is 16.2. The standard InChI is InChI=1S/C30H40N4O7.C29H38N4O7.Na.H2O/c1-30(2,3)25-27(35)34-16-19(15-23(34)28(36)39-5)40-26-21(31-20-12-11-18(38-4)14-22(20)32-26)10-8-6-7-9-17-13-24(17)41-29(37)33-25;1-29(2,3)24-26(34)33-15-18(14-22(33)27(35)36)39-25-20(30-19-11-10-17(38-4)13-21(19)31-25)9-7-5-6-8-16-12-23(16)40-28(37)32-24;;/h11-12,14,17,19,23-25H,6-10,13,15-16H2,1-5H3,(H,33,37);10-11,13,16,18,22-24H,5-9,12,14-15H2,1-4H3,(H,32,37)(H,35,36);;1H2/q;;+1;/p-1/t17-,19-,23+,24-,25-;16-,18-,22+,23-,24-;;/m11../s1. The number of carbonyl (C=O) groups is 6. The van der Waals surface area contributed by atoms with Crippen LogP contribution >= 0.6 is 0 Å². The van der Waals surface area contributed by atoms with Crippen LogP contribution in [0.15, 0.2) is 36.4 Å². The summed E-state index contributed by atoms with van der Waals surface area (Å²) in [4.78, 5) is 100. The number of aryl methyl sites for hydroxylation is 2. The van der Waals surface area contributed by atoms with Crippen LogP contribution in [0.1, 0.15) is 130 Å². The molecule has 2 aliphatic carbocycles. The first-order chi connectivity index (χ1) is 38.6. The number of methoxy groups -OCH3 is 3. The Morgan fingerprint density at radius 3 is 1.40 bits per heavy atom. The molecular formula is C59H79N8NaO15. The molecule has 6 aliphatic rings. The molecule has 24 heteroatoms. The summed E-state index contributed by atoms with van der Waals surface area (Å²) in [6.07, 6.45) is 8.32. The van der Waals surface area contributed by atoms with Crippen molar-refractivity contribution in [3.63, 3.8) is 0 Å². The number of rotatable bonds is 4. The molecule has 4 fully saturated rings. The fraction of sp³-hybridized carbons (Fsp3) is 0.627. The van der Waals surface area contributed by atoms with Crippen molar-refractivity contribution in [2.24, 2.45) is 22.7 Å². The first-order valence-corrected chi connectivity index (χ1v) is 28.5. The van der Waals surface area contributed by atoms with Crippen molar-refractivity contribution in [3.05, 3.63) is 47.8 Å². The molecule has 4 amide bonds. The fourth-order valence-electron chi connectivity index (χ4n) is 11.3. The normalized spacial score (nSPS) is 26.9. The van der Waals surface area contributed by atoms with E-state index in [0.29, 0.717) is 64.7 Å². The molecule has 23 nitrogen and oxygen atoms in total. The Bertz CT molecular complexity index is 3010. The molecule has 2 saturated carbocycles. The van der Waals surface area contributed by atoms with Crippen LogP contribution in [0, 0.1) is 22.7 Å². The number of nitrogens with one attached hydrogen (secondary N) is 2. The van der Waals surface area contributed by atoms with Gasteiger partial charge in [-0.2, -0.15) is 0 Å². The number of alkyl carbamates (subject to hydrolysis) is 2. The Morgan fingerprint density at radius 2 is 1.00 bits per heavy atom. The number of carbonyl (C=O) groups excluding carboxylic acids is 5. The van der Waals surface area contributed by atoms with Gasteiger partial charge < -0.3 is 64.2 Å². The molecule has 0 spiro atoms. The Labute approximate surface area is 505 Å². The van der Waals surface area contributed by atoms with E-state index in [1.54, 1.807) is 20.3 Å². The minimum atomic E-state index is -1.13. The average molecular weight is 1160 g/mol. The van der Waals surface area contributed by atoms with E-state index in [2.05, 4.69) is 10.6 Å². The third kappa shape index (κ3) is 15.7. The molecule has 4 bridgehead atoms. The minimum Gasteiger partial charge on any atom is -0.870 e. The van der Waals surface area contributed by atoms with Crippen molar-refractivity contribution in [1.82, 2.24) is 40.4 Å². The van der Waals surface area contributed by atoms with Gasteiger partial charge in [-0.1, -0.05) is 67.2 Å². The monoisotopic (exact) mass is 1160 g/mol. The van der Waals surface area contributed by atoms with Crippen LogP contribution in [0.4, 0.5) is 9.59 Å². The number of fused-ring (bicyclic) bond motifs is 10. The van der Waals surface area contributed by atoms with Crippen LogP contribution in [-0.4, -0.2) is 159 Å². The quantitative estimate of drug-likeness (QED) is 0.145. The van der Waals surface area contributed by atoms with Gasteiger partial charge in [-0.25, -0.2) is 39.1 Å². The summed E-state index contributed by atoms with van der Waals surface area (Å²) in [6.45, 7) is 11.2. The Kier molecular flexibility index (Phi) is 21.0. The summed E-state index contributed by atoms with van der Waals surface area (Å²) in [5.74, 6) is 0.157. The Morgan fingerprint density at radius 1 is 0.578 bits per heavy atom. The van der Waals surface area contributed by atoms with Gasteiger partial charge in [0.15, 0.2) is 0 Å². The number of nitrogens with zero attached hydrogens (tertiary/aromatic N) is 6. The summed E-state index contributed by atoms with van der Waals surface area (Å²) in [5.41, 5.74) is 2.84. The molecule has 446 valence electrons. The number of amides is 4. The predicted octanol–water partition coefficient (Wildman–Crippen LogP) is 4.35. The van der Waals surface area contributed by atoms with Crippen LogP contribution in [0.3, 0.4) is 0 Å². The van der Waals surface area contributed by atoms with E-state index in [4.69, 9.17) is 53.1 Å². The molecule has 2 aromatic carbocycles. The summed E-state index contributed by atoms with van der Waals surface area (Å²) in [7, 11) is 4.47. The van der Waals surface area contributed by atoms with Gasteiger partial charge in [0.25, 0.3) is 0 Å². The van der Waals surface area contributed by atoms with Crippen LogP contribution in [0.5, 0.6) is 23.3 Å². The minimum absolute atomic E-state index is 0. The number of hydrogen-bond acceptors (Lipinski definition) is 18. The molecule has 10 atom stereocenters. The number of aliphatic carboxylic acids is 1. The maximum absolute atomic E-state index is 14.0. The van der Waals surface area contributed by atoms with E-state index in [1.807, 2.05) is 71.9 Å². The maximum atomic E-state index is 14.0. The second-order valence-electron chi connectivity index (χ2n) is 24.5. The smallest absolute Gasteiger partial charge is 0.870 e. The largest absolute Gasteiger partial charge is 1.00 e. The average Bonchev–Trinajstić information content (AvgIpc) is 4.32. The number of carboxylic acid groups (broad SMARTS) is 1. The molecule has 2 saturated heterocycles. The Hall–Kier alpha value is -6.30. The van der Waals surface area contributed by atoms with Gasteiger partial charge in [0.05, 0.1) is 56.5 Å².